The molecule has 0 heterocycles. The van der Waals surface area contributed by atoms with Crippen LogP contribution in [0.4, 0.5) is 0 Å². The predicted octanol–water partition coefficient (Wildman–Crippen LogP) is 3.56. The third kappa shape index (κ3) is 4.68. The molecule has 21 heavy (non-hydrogen) atoms. The first-order valence-electron chi connectivity index (χ1n) is 6.13. The molecule has 0 saturated carbocycles. The summed E-state index contributed by atoms with van der Waals surface area (Å²) in [5.74, 6) is -0.106. The normalized spacial score (nSPS) is 11.1. The standard InChI is InChI=1S/C15H13BrO4S/c1-11(17)13-4-8-15(9-5-13)20-21(18,19)10-12-2-6-14(16)7-3-12/h2-9H,10H2,1H3. The van der Waals surface area contributed by atoms with Crippen LogP contribution in [0.3, 0.4) is 0 Å². The highest BCUT2D eigenvalue weighted by Gasteiger charge is 2.14. The molecule has 0 fully saturated rings. The van der Waals surface area contributed by atoms with E-state index in [2.05, 4.69) is 15.9 Å². The predicted molar refractivity (Wildman–Crippen MR) is 83.8 cm³/mol. The average molecular weight is 369 g/mol. The number of hydrogen-bond acceptors (Lipinski definition) is 4. The lowest BCUT2D eigenvalue weighted by atomic mass is 10.1. The van der Waals surface area contributed by atoms with Crippen LogP contribution in [0, 0.1) is 0 Å². The second-order valence-corrected chi connectivity index (χ2v) is 6.98. The molecule has 2 aromatic rings. The topological polar surface area (TPSA) is 60.4 Å². The van der Waals surface area contributed by atoms with Crippen LogP contribution in [0.2, 0.25) is 0 Å². The Labute approximate surface area is 132 Å². The van der Waals surface area contributed by atoms with E-state index in [1.165, 1.54) is 31.2 Å². The molecule has 0 aliphatic rings. The lowest BCUT2D eigenvalue weighted by Crippen LogP contribution is -2.12. The number of rotatable bonds is 5. The minimum absolute atomic E-state index is 0.0840. The quantitative estimate of drug-likeness (QED) is 0.597. The molecule has 0 bridgehead atoms. The Morgan fingerprint density at radius 3 is 2.14 bits per heavy atom. The third-order valence-electron chi connectivity index (χ3n) is 2.74. The Balaban J connectivity index is 2.10. The van der Waals surface area contributed by atoms with E-state index < -0.39 is 10.1 Å². The van der Waals surface area contributed by atoms with Crippen LogP contribution in [0.5, 0.6) is 5.75 Å². The van der Waals surface area contributed by atoms with Gasteiger partial charge in [-0.05, 0) is 48.9 Å². The maximum atomic E-state index is 12.0. The molecule has 0 saturated heterocycles. The smallest absolute Gasteiger partial charge is 0.313 e. The minimum Gasteiger partial charge on any atom is -0.382 e. The summed E-state index contributed by atoms with van der Waals surface area (Å²) in [6, 6.07) is 13.0. The first kappa shape index (κ1) is 15.7. The molecule has 0 amide bonds. The van der Waals surface area contributed by atoms with Crippen molar-refractivity contribution >= 4 is 31.8 Å². The zero-order valence-electron chi connectivity index (χ0n) is 11.2. The summed E-state index contributed by atoms with van der Waals surface area (Å²) >= 11 is 3.29. The average Bonchev–Trinajstić information content (AvgIpc) is 2.41. The summed E-state index contributed by atoms with van der Waals surface area (Å²) < 4.78 is 29.8. The fourth-order valence-corrected chi connectivity index (χ4v) is 3.03. The molecule has 2 aromatic carbocycles. The number of carbonyl (C=O) groups is 1. The minimum atomic E-state index is -3.73. The van der Waals surface area contributed by atoms with E-state index >= 15 is 0 Å². The molecule has 0 atom stereocenters. The Hall–Kier alpha value is -1.66. The van der Waals surface area contributed by atoms with Gasteiger partial charge in [0.25, 0.3) is 0 Å². The van der Waals surface area contributed by atoms with E-state index in [4.69, 9.17) is 4.18 Å². The zero-order chi connectivity index (χ0) is 15.5. The van der Waals surface area contributed by atoms with Crippen LogP contribution in [0.25, 0.3) is 0 Å². The molecule has 0 radical (unpaired) electrons. The summed E-state index contributed by atoms with van der Waals surface area (Å²) in [6.07, 6.45) is 0. The van der Waals surface area contributed by atoms with Crippen molar-refractivity contribution < 1.29 is 17.4 Å². The Morgan fingerprint density at radius 2 is 1.62 bits per heavy atom. The Kier molecular flexibility index (Phi) is 4.80. The molecule has 0 aromatic heterocycles. The Bertz CT molecular complexity index is 734. The van der Waals surface area contributed by atoms with Gasteiger partial charge in [-0.15, -0.1) is 0 Å². The molecule has 0 spiro atoms. The van der Waals surface area contributed by atoms with Gasteiger partial charge in [0, 0.05) is 10.0 Å². The second kappa shape index (κ2) is 6.41. The van der Waals surface area contributed by atoms with Crippen molar-refractivity contribution in [1.29, 1.82) is 0 Å². The van der Waals surface area contributed by atoms with Gasteiger partial charge in [0.1, 0.15) is 11.5 Å². The van der Waals surface area contributed by atoms with Crippen LogP contribution in [-0.2, 0) is 15.9 Å². The summed E-state index contributed by atoms with van der Waals surface area (Å²) in [5, 5.41) is 0. The van der Waals surface area contributed by atoms with Crippen molar-refractivity contribution in [1.82, 2.24) is 0 Å². The first-order valence-corrected chi connectivity index (χ1v) is 8.50. The van der Waals surface area contributed by atoms with Gasteiger partial charge in [-0.1, -0.05) is 28.1 Å². The summed E-state index contributed by atoms with van der Waals surface area (Å²) in [5.41, 5.74) is 1.14. The fraction of sp³-hybridized carbons (Fsp3) is 0.133. The Morgan fingerprint density at radius 1 is 1.05 bits per heavy atom. The summed E-state index contributed by atoms with van der Waals surface area (Å²) in [7, 11) is -3.73. The lowest BCUT2D eigenvalue weighted by molar-refractivity contribution is 0.101. The van der Waals surface area contributed by atoms with E-state index in [-0.39, 0.29) is 17.3 Å². The first-order chi connectivity index (χ1) is 9.85. The molecular formula is C15H13BrO4S. The lowest BCUT2D eigenvalue weighted by Gasteiger charge is -2.07. The molecule has 0 aliphatic heterocycles. The van der Waals surface area contributed by atoms with Crippen LogP contribution in [-0.4, -0.2) is 14.2 Å². The molecule has 0 N–H and O–H groups in total. The summed E-state index contributed by atoms with van der Waals surface area (Å²) in [4.78, 5) is 11.1. The number of carbonyl (C=O) groups excluding carboxylic acids is 1. The van der Waals surface area contributed by atoms with E-state index in [0.29, 0.717) is 11.1 Å². The maximum absolute atomic E-state index is 12.0. The van der Waals surface area contributed by atoms with Crippen molar-refractivity contribution in [3.05, 3.63) is 64.1 Å². The number of benzene rings is 2. The molecule has 0 aliphatic carbocycles. The van der Waals surface area contributed by atoms with Crippen LogP contribution in [0.15, 0.2) is 53.0 Å². The van der Waals surface area contributed by atoms with Crippen LogP contribution < -0.4 is 4.18 Å². The highest BCUT2D eigenvalue weighted by molar-refractivity contribution is 9.10. The third-order valence-corrected chi connectivity index (χ3v) is 4.40. The fourth-order valence-electron chi connectivity index (χ4n) is 1.71. The van der Waals surface area contributed by atoms with Crippen molar-refractivity contribution in [2.75, 3.05) is 0 Å². The van der Waals surface area contributed by atoms with Crippen molar-refractivity contribution in [2.24, 2.45) is 0 Å². The van der Waals surface area contributed by atoms with E-state index in [9.17, 15) is 13.2 Å². The molecule has 0 unspecified atom stereocenters. The zero-order valence-corrected chi connectivity index (χ0v) is 13.6. The molecular weight excluding hydrogens is 356 g/mol. The largest absolute Gasteiger partial charge is 0.382 e. The summed E-state index contributed by atoms with van der Waals surface area (Å²) in [6.45, 7) is 1.44. The van der Waals surface area contributed by atoms with Crippen molar-refractivity contribution in [3.8, 4) is 5.75 Å². The van der Waals surface area contributed by atoms with Gasteiger partial charge >= 0.3 is 10.1 Å². The van der Waals surface area contributed by atoms with Crippen LogP contribution >= 0.6 is 15.9 Å². The molecule has 4 nitrogen and oxygen atoms in total. The van der Waals surface area contributed by atoms with Crippen molar-refractivity contribution in [3.63, 3.8) is 0 Å². The number of Topliss-reactive ketones (excluding diaryl/α,β-unsaturated/α-hetero) is 1. The number of halogens is 1. The second-order valence-electron chi connectivity index (χ2n) is 4.49. The van der Waals surface area contributed by atoms with E-state index in [1.54, 1.807) is 24.3 Å². The number of hydrogen-bond donors (Lipinski definition) is 0. The molecule has 110 valence electrons. The van der Waals surface area contributed by atoms with Gasteiger partial charge in [0.05, 0.1) is 0 Å². The maximum Gasteiger partial charge on any atom is 0.313 e. The SMILES string of the molecule is CC(=O)c1ccc(OS(=O)(=O)Cc2ccc(Br)cc2)cc1. The van der Waals surface area contributed by atoms with Gasteiger partial charge in [-0.25, -0.2) is 0 Å². The highest BCUT2D eigenvalue weighted by atomic mass is 79.9. The molecule has 2 rings (SSSR count). The van der Waals surface area contributed by atoms with Crippen molar-refractivity contribution in [2.45, 2.75) is 12.7 Å². The van der Waals surface area contributed by atoms with Gasteiger partial charge in [0.2, 0.25) is 0 Å². The van der Waals surface area contributed by atoms with Crippen LogP contribution in [0.1, 0.15) is 22.8 Å². The van der Waals surface area contributed by atoms with E-state index in [0.717, 1.165) is 4.47 Å². The van der Waals surface area contributed by atoms with Gasteiger partial charge < -0.3 is 4.18 Å². The molecule has 6 heteroatoms. The monoisotopic (exact) mass is 368 g/mol. The van der Waals surface area contributed by atoms with Gasteiger partial charge in [0.15, 0.2) is 5.78 Å². The van der Waals surface area contributed by atoms with Gasteiger partial charge in [-0.2, -0.15) is 8.42 Å². The highest BCUT2D eigenvalue weighted by Crippen LogP contribution is 2.18. The number of ketones is 1. The van der Waals surface area contributed by atoms with Gasteiger partial charge in [-0.3, -0.25) is 4.79 Å². The van der Waals surface area contributed by atoms with E-state index in [1.807, 2.05) is 0 Å².